The van der Waals surface area contributed by atoms with Gasteiger partial charge >= 0.3 is 0 Å². The Morgan fingerprint density at radius 1 is 1.09 bits per heavy atom. The van der Waals surface area contributed by atoms with Crippen molar-refractivity contribution in [2.75, 3.05) is 16.3 Å². The summed E-state index contributed by atoms with van der Waals surface area (Å²) in [5.74, 6) is -0.405. The molecule has 0 atom stereocenters. The van der Waals surface area contributed by atoms with Gasteiger partial charge in [-0.2, -0.15) is 0 Å². The molecule has 7 heteroatoms. The lowest BCUT2D eigenvalue weighted by Crippen LogP contribution is -2.17. The molecule has 22 heavy (non-hydrogen) atoms. The van der Waals surface area contributed by atoms with Crippen LogP contribution in [0.1, 0.15) is 15.9 Å². The summed E-state index contributed by atoms with van der Waals surface area (Å²) in [6, 6.07) is 11.5. The highest BCUT2D eigenvalue weighted by atomic mass is 35.5. The van der Waals surface area contributed by atoms with E-state index >= 15 is 0 Å². The Kier molecular flexibility index (Phi) is 4.73. The Hall–Kier alpha value is -2.05. The molecule has 0 radical (unpaired) electrons. The van der Waals surface area contributed by atoms with Crippen molar-refractivity contribution in [3.05, 3.63) is 58.6 Å². The summed E-state index contributed by atoms with van der Waals surface area (Å²) in [6.45, 7) is 1.82. The van der Waals surface area contributed by atoms with Gasteiger partial charge in [0, 0.05) is 10.7 Å². The number of para-hydroxylation sites is 1. The third kappa shape index (κ3) is 4.22. The van der Waals surface area contributed by atoms with Gasteiger partial charge in [-0.1, -0.05) is 23.7 Å². The molecular weight excluding hydrogens is 324 g/mol. The highest BCUT2D eigenvalue weighted by molar-refractivity contribution is 7.92. The first kappa shape index (κ1) is 16.3. The van der Waals surface area contributed by atoms with E-state index in [0.29, 0.717) is 10.7 Å². The smallest absolute Gasteiger partial charge is 0.257 e. The van der Waals surface area contributed by atoms with Gasteiger partial charge in [0.05, 0.1) is 17.5 Å². The Morgan fingerprint density at radius 3 is 2.41 bits per heavy atom. The third-order valence-electron chi connectivity index (χ3n) is 2.90. The predicted octanol–water partition coefficient (Wildman–Crippen LogP) is 3.27. The molecule has 0 aliphatic carbocycles. The highest BCUT2D eigenvalue weighted by Gasteiger charge is 2.14. The number of rotatable bonds is 4. The van der Waals surface area contributed by atoms with Crippen LogP contribution in [0.15, 0.2) is 42.5 Å². The van der Waals surface area contributed by atoms with Crippen LogP contribution in [0.4, 0.5) is 11.4 Å². The number of nitrogens with one attached hydrogen (secondary N) is 2. The topological polar surface area (TPSA) is 75.3 Å². The van der Waals surface area contributed by atoms with Gasteiger partial charge in [-0.05, 0) is 42.8 Å². The number of sulfonamides is 1. The van der Waals surface area contributed by atoms with Crippen molar-refractivity contribution < 1.29 is 13.2 Å². The number of hydrogen-bond acceptors (Lipinski definition) is 3. The molecule has 0 aliphatic rings. The van der Waals surface area contributed by atoms with Crippen LogP contribution in [-0.2, 0) is 10.0 Å². The molecule has 0 saturated heterocycles. The van der Waals surface area contributed by atoms with Gasteiger partial charge in [0.2, 0.25) is 10.0 Å². The number of amides is 1. The van der Waals surface area contributed by atoms with E-state index in [1.807, 2.05) is 6.92 Å². The number of carbonyl (C=O) groups is 1. The van der Waals surface area contributed by atoms with E-state index in [-0.39, 0.29) is 11.3 Å². The van der Waals surface area contributed by atoms with Crippen molar-refractivity contribution in [3.63, 3.8) is 0 Å². The number of benzene rings is 2. The Bertz CT molecular complexity index is 819. The lowest BCUT2D eigenvalue weighted by Gasteiger charge is -2.12. The van der Waals surface area contributed by atoms with E-state index in [9.17, 15) is 13.2 Å². The molecule has 0 heterocycles. The van der Waals surface area contributed by atoms with Gasteiger partial charge in [-0.15, -0.1) is 0 Å². The van der Waals surface area contributed by atoms with Crippen LogP contribution in [0.5, 0.6) is 0 Å². The molecule has 0 aliphatic heterocycles. The predicted molar refractivity (Wildman–Crippen MR) is 89.1 cm³/mol. The number of halogens is 1. The minimum absolute atomic E-state index is 0.231. The first-order chi connectivity index (χ1) is 10.3. The largest absolute Gasteiger partial charge is 0.322 e. The fourth-order valence-corrected chi connectivity index (χ4v) is 2.73. The second-order valence-electron chi connectivity index (χ2n) is 4.83. The molecule has 1 amide bonds. The van der Waals surface area contributed by atoms with Gasteiger partial charge in [0.15, 0.2) is 0 Å². The lowest BCUT2D eigenvalue weighted by molar-refractivity contribution is 0.102. The summed E-state index contributed by atoms with van der Waals surface area (Å²) >= 11 is 5.88. The van der Waals surface area contributed by atoms with E-state index in [1.54, 1.807) is 36.4 Å². The number of anilines is 2. The quantitative estimate of drug-likeness (QED) is 0.898. The summed E-state index contributed by atoms with van der Waals surface area (Å²) in [6.07, 6.45) is 1.03. The average molecular weight is 339 g/mol. The molecule has 0 spiro atoms. The molecule has 5 nitrogen and oxygen atoms in total. The average Bonchev–Trinajstić information content (AvgIpc) is 2.40. The molecule has 2 aromatic rings. The first-order valence-corrected chi connectivity index (χ1v) is 8.67. The molecule has 116 valence electrons. The molecule has 0 saturated carbocycles. The van der Waals surface area contributed by atoms with Crippen molar-refractivity contribution in [2.24, 2.45) is 0 Å². The summed E-state index contributed by atoms with van der Waals surface area (Å²) in [5.41, 5.74) is 1.90. The molecular formula is C15H15ClN2O3S. The van der Waals surface area contributed by atoms with Crippen LogP contribution in [0.25, 0.3) is 0 Å². The van der Waals surface area contributed by atoms with E-state index in [4.69, 9.17) is 11.6 Å². The van der Waals surface area contributed by atoms with Gasteiger partial charge in [0.1, 0.15) is 0 Å². The van der Waals surface area contributed by atoms with Gasteiger partial charge in [-0.3, -0.25) is 9.52 Å². The second-order valence-corrected chi connectivity index (χ2v) is 7.02. The number of aryl methyl sites for hydroxylation is 1. The normalized spacial score (nSPS) is 11.0. The van der Waals surface area contributed by atoms with Crippen LogP contribution in [-0.4, -0.2) is 20.6 Å². The monoisotopic (exact) mass is 338 g/mol. The summed E-state index contributed by atoms with van der Waals surface area (Å²) in [7, 11) is -3.47. The third-order valence-corrected chi connectivity index (χ3v) is 3.73. The van der Waals surface area contributed by atoms with E-state index in [0.717, 1.165) is 11.8 Å². The number of hydrogen-bond donors (Lipinski definition) is 2. The first-order valence-electron chi connectivity index (χ1n) is 6.40. The van der Waals surface area contributed by atoms with Crippen LogP contribution < -0.4 is 10.0 Å². The van der Waals surface area contributed by atoms with Crippen molar-refractivity contribution in [1.29, 1.82) is 0 Å². The Morgan fingerprint density at radius 2 is 1.77 bits per heavy atom. The summed E-state index contributed by atoms with van der Waals surface area (Å²) in [5, 5.41) is 3.33. The lowest BCUT2D eigenvalue weighted by atomic mass is 10.1. The SMILES string of the molecule is Cc1cc(Cl)ccc1NC(=O)c1ccccc1NS(C)(=O)=O. The second kappa shape index (κ2) is 6.37. The van der Waals surface area contributed by atoms with Crippen LogP contribution in [0.2, 0.25) is 5.02 Å². The maximum absolute atomic E-state index is 12.4. The van der Waals surface area contributed by atoms with E-state index < -0.39 is 15.9 Å². The van der Waals surface area contributed by atoms with E-state index in [2.05, 4.69) is 10.0 Å². The zero-order valence-corrected chi connectivity index (χ0v) is 13.6. The minimum atomic E-state index is -3.47. The molecule has 2 aromatic carbocycles. The van der Waals surface area contributed by atoms with Crippen molar-refractivity contribution in [3.8, 4) is 0 Å². The van der Waals surface area contributed by atoms with Gasteiger partial charge in [0.25, 0.3) is 5.91 Å². The van der Waals surface area contributed by atoms with Gasteiger partial charge in [-0.25, -0.2) is 8.42 Å². The van der Waals surface area contributed by atoms with Crippen molar-refractivity contribution in [2.45, 2.75) is 6.92 Å². The molecule has 0 aromatic heterocycles. The zero-order chi connectivity index (χ0) is 16.3. The molecule has 0 unspecified atom stereocenters. The van der Waals surface area contributed by atoms with Crippen LogP contribution in [0, 0.1) is 6.92 Å². The molecule has 0 bridgehead atoms. The molecule has 0 fully saturated rings. The molecule has 2 rings (SSSR count). The maximum atomic E-state index is 12.4. The van der Waals surface area contributed by atoms with Crippen molar-refractivity contribution in [1.82, 2.24) is 0 Å². The van der Waals surface area contributed by atoms with Gasteiger partial charge < -0.3 is 5.32 Å². The summed E-state index contributed by atoms with van der Waals surface area (Å²) in [4.78, 5) is 12.4. The van der Waals surface area contributed by atoms with Crippen molar-refractivity contribution >= 4 is 38.9 Å². The minimum Gasteiger partial charge on any atom is -0.322 e. The van der Waals surface area contributed by atoms with Crippen LogP contribution >= 0.6 is 11.6 Å². The fourth-order valence-electron chi connectivity index (χ4n) is 1.93. The standard InChI is InChI=1S/C15H15ClN2O3S/c1-10-9-11(16)7-8-13(10)17-15(19)12-5-3-4-6-14(12)18-22(2,20)21/h3-9,18H,1-2H3,(H,17,19). The number of carbonyl (C=O) groups excluding carboxylic acids is 1. The Balaban J connectivity index is 2.30. The highest BCUT2D eigenvalue weighted by Crippen LogP contribution is 2.22. The van der Waals surface area contributed by atoms with E-state index in [1.165, 1.54) is 6.07 Å². The maximum Gasteiger partial charge on any atom is 0.257 e. The zero-order valence-electron chi connectivity index (χ0n) is 12.1. The fraction of sp³-hybridized carbons (Fsp3) is 0.133. The Labute approximate surface area is 134 Å². The molecule has 2 N–H and O–H groups in total. The van der Waals surface area contributed by atoms with Crippen LogP contribution in [0.3, 0.4) is 0 Å². The summed E-state index contributed by atoms with van der Waals surface area (Å²) < 4.78 is 25.1.